The molecule has 18 heavy (non-hydrogen) atoms. The standard InChI is InChI=1S/C9H10ClN5O2.CH4/c10-8-2-1-7(5-12-8)6-14-4-3-11-9(14)13-15(16)17;/h1-2,5H,3-4,6H2,(H,11,13);1H4. The zero-order valence-corrected chi connectivity index (χ0v) is 9.59. The predicted octanol–water partition coefficient (Wildman–Crippen LogP) is 1.32. The van der Waals surface area contributed by atoms with Crippen molar-refractivity contribution in [2.45, 2.75) is 14.0 Å². The van der Waals surface area contributed by atoms with Crippen LogP contribution in [0.1, 0.15) is 13.0 Å². The van der Waals surface area contributed by atoms with Crippen LogP contribution in [0, 0.1) is 10.1 Å². The lowest BCUT2D eigenvalue weighted by atomic mass is 10.3. The Morgan fingerprint density at radius 1 is 1.61 bits per heavy atom. The zero-order chi connectivity index (χ0) is 12.3. The lowest BCUT2D eigenvalue weighted by molar-refractivity contribution is -0.485. The van der Waals surface area contributed by atoms with E-state index in [4.69, 9.17) is 11.6 Å². The molecule has 0 radical (unpaired) electrons. The van der Waals surface area contributed by atoms with Crippen molar-refractivity contribution in [2.24, 2.45) is 5.10 Å². The summed E-state index contributed by atoms with van der Waals surface area (Å²) < 4.78 is 0. The fourth-order valence-corrected chi connectivity index (χ4v) is 1.68. The van der Waals surface area contributed by atoms with Crippen LogP contribution in [0.25, 0.3) is 0 Å². The van der Waals surface area contributed by atoms with Crippen molar-refractivity contribution in [1.82, 2.24) is 15.2 Å². The first-order valence-electron chi connectivity index (χ1n) is 4.97. The van der Waals surface area contributed by atoms with Crippen LogP contribution in [-0.4, -0.2) is 34.0 Å². The Balaban J connectivity index is 0.00000162. The van der Waals surface area contributed by atoms with E-state index in [0.29, 0.717) is 24.8 Å². The van der Waals surface area contributed by atoms with Crippen molar-refractivity contribution in [2.75, 3.05) is 13.1 Å². The highest BCUT2D eigenvalue weighted by atomic mass is 35.5. The van der Waals surface area contributed by atoms with E-state index in [1.165, 1.54) is 0 Å². The molecular weight excluding hydrogens is 258 g/mol. The van der Waals surface area contributed by atoms with E-state index in [1.807, 2.05) is 6.07 Å². The van der Waals surface area contributed by atoms with Crippen LogP contribution in [0.2, 0.25) is 5.15 Å². The number of hydrogen-bond acceptors (Lipinski definition) is 3. The molecule has 0 atom stereocenters. The number of nitro groups is 1. The normalized spacial score (nSPS) is 16.3. The SMILES string of the molecule is C.O=[N+]([O-])/N=C1\NCCN1Cc1ccc(Cl)nc1. The predicted molar refractivity (Wildman–Crippen MR) is 68.8 cm³/mol. The van der Waals surface area contributed by atoms with Gasteiger partial charge in [0.15, 0.2) is 5.03 Å². The van der Waals surface area contributed by atoms with Gasteiger partial charge >= 0.3 is 0 Å². The van der Waals surface area contributed by atoms with Crippen molar-refractivity contribution in [3.63, 3.8) is 0 Å². The summed E-state index contributed by atoms with van der Waals surface area (Å²) in [6, 6.07) is 3.52. The Labute approximate surface area is 110 Å². The fraction of sp³-hybridized carbons (Fsp3) is 0.400. The van der Waals surface area contributed by atoms with Gasteiger partial charge in [-0.05, 0) is 11.6 Å². The van der Waals surface area contributed by atoms with Gasteiger partial charge in [-0.25, -0.2) is 15.1 Å². The van der Waals surface area contributed by atoms with E-state index in [0.717, 1.165) is 5.56 Å². The van der Waals surface area contributed by atoms with Crippen LogP contribution in [0.15, 0.2) is 23.4 Å². The van der Waals surface area contributed by atoms with E-state index in [-0.39, 0.29) is 13.4 Å². The molecule has 0 bridgehead atoms. The average Bonchev–Trinajstić information content (AvgIpc) is 2.68. The molecule has 1 N–H and O–H groups in total. The fourth-order valence-electron chi connectivity index (χ4n) is 1.57. The number of pyridine rings is 1. The zero-order valence-electron chi connectivity index (χ0n) is 8.84. The smallest absolute Gasteiger partial charge is 0.271 e. The van der Waals surface area contributed by atoms with Gasteiger partial charge in [-0.2, -0.15) is 0 Å². The Morgan fingerprint density at radius 2 is 2.39 bits per heavy atom. The maximum atomic E-state index is 10.3. The van der Waals surface area contributed by atoms with Crippen LogP contribution in [0.3, 0.4) is 0 Å². The number of halogens is 1. The molecule has 2 rings (SSSR count). The first-order valence-corrected chi connectivity index (χ1v) is 5.35. The Hall–Kier alpha value is -1.89. The molecule has 8 heteroatoms. The van der Waals surface area contributed by atoms with Crippen LogP contribution in [-0.2, 0) is 6.54 Å². The van der Waals surface area contributed by atoms with Gasteiger partial charge in [0.2, 0.25) is 0 Å². The summed E-state index contributed by atoms with van der Waals surface area (Å²) in [6.07, 6.45) is 1.64. The molecule has 0 spiro atoms. The summed E-state index contributed by atoms with van der Waals surface area (Å²) in [7, 11) is 0. The number of guanidine groups is 1. The van der Waals surface area contributed by atoms with E-state index in [1.54, 1.807) is 17.2 Å². The molecule has 1 aliphatic rings. The minimum atomic E-state index is -0.708. The van der Waals surface area contributed by atoms with Crippen molar-refractivity contribution in [3.05, 3.63) is 39.2 Å². The largest absolute Gasteiger partial charge is 0.349 e. The van der Waals surface area contributed by atoms with E-state index in [9.17, 15) is 10.1 Å². The summed E-state index contributed by atoms with van der Waals surface area (Å²) >= 11 is 5.68. The van der Waals surface area contributed by atoms with Gasteiger partial charge in [-0.1, -0.05) is 25.1 Å². The highest BCUT2D eigenvalue weighted by Crippen LogP contribution is 2.09. The van der Waals surface area contributed by atoms with Gasteiger partial charge in [0, 0.05) is 25.8 Å². The molecule has 2 heterocycles. The second-order valence-electron chi connectivity index (χ2n) is 3.50. The lowest BCUT2D eigenvalue weighted by Gasteiger charge is -2.14. The molecule has 0 amide bonds. The van der Waals surface area contributed by atoms with Gasteiger partial charge in [0.1, 0.15) is 10.3 Å². The first kappa shape index (κ1) is 14.2. The molecule has 98 valence electrons. The third-order valence-corrected chi connectivity index (χ3v) is 2.53. The summed E-state index contributed by atoms with van der Waals surface area (Å²) in [5.41, 5.74) is 0.925. The van der Waals surface area contributed by atoms with Gasteiger partial charge in [-0.3, -0.25) is 0 Å². The van der Waals surface area contributed by atoms with Crippen LogP contribution in [0.5, 0.6) is 0 Å². The molecule has 1 saturated heterocycles. The summed E-state index contributed by atoms with van der Waals surface area (Å²) in [5, 5.41) is 16.2. The highest BCUT2D eigenvalue weighted by molar-refractivity contribution is 6.29. The van der Waals surface area contributed by atoms with Crippen LogP contribution < -0.4 is 5.32 Å². The maximum Gasteiger partial charge on any atom is 0.271 e. The molecular formula is C10H14ClN5O2. The Kier molecular flexibility index (Phi) is 4.85. The van der Waals surface area contributed by atoms with E-state index in [2.05, 4.69) is 15.4 Å². The molecule has 1 fully saturated rings. The third kappa shape index (κ3) is 3.56. The third-order valence-electron chi connectivity index (χ3n) is 2.30. The van der Waals surface area contributed by atoms with Crippen molar-refractivity contribution >= 4 is 17.6 Å². The van der Waals surface area contributed by atoms with E-state index < -0.39 is 5.03 Å². The first-order chi connectivity index (χ1) is 8.15. The van der Waals surface area contributed by atoms with Crippen LogP contribution >= 0.6 is 11.6 Å². The number of hydrazone groups is 1. The van der Waals surface area contributed by atoms with Gasteiger partial charge < -0.3 is 10.2 Å². The highest BCUT2D eigenvalue weighted by Gasteiger charge is 2.21. The second-order valence-corrected chi connectivity index (χ2v) is 3.89. The van der Waals surface area contributed by atoms with Crippen molar-refractivity contribution < 1.29 is 5.03 Å². The summed E-state index contributed by atoms with van der Waals surface area (Å²) in [6.45, 7) is 1.84. The number of nitrogens with zero attached hydrogens (tertiary/aromatic N) is 4. The molecule has 1 aliphatic heterocycles. The molecule has 1 aromatic rings. The summed E-state index contributed by atoms with van der Waals surface area (Å²) in [5.74, 6) is 0.282. The van der Waals surface area contributed by atoms with Gasteiger partial charge in [0.25, 0.3) is 5.96 Å². The molecule has 7 nitrogen and oxygen atoms in total. The monoisotopic (exact) mass is 271 g/mol. The molecule has 0 aromatic carbocycles. The average molecular weight is 272 g/mol. The molecule has 0 unspecified atom stereocenters. The van der Waals surface area contributed by atoms with Gasteiger partial charge in [-0.15, -0.1) is 0 Å². The number of aromatic nitrogens is 1. The quantitative estimate of drug-likeness (QED) is 0.509. The number of rotatable bonds is 3. The minimum Gasteiger partial charge on any atom is -0.349 e. The molecule has 0 saturated carbocycles. The molecule has 1 aromatic heterocycles. The van der Waals surface area contributed by atoms with E-state index >= 15 is 0 Å². The van der Waals surface area contributed by atoms with Gasteiger partial charge in [0.05, 0.1) is 0 Å². The Bertz CT molecular complexity index is 448. The number of nitrogens with one attached hydrogen (secondary N) is 1. The van der Waals surface area contributed by atoms with Crippen molar-refractivity contribution in [1.29, 1.82) is 0 Å². The second kappa shape index (κ2) is 6.15. The Morgan fingerprint density at radius 3 is 3.00 bits per heavy atom. The maximum absolute atomic E-state index is 10.3. The topological polar surface area (TPSA) is 83.7 Å². The van der Waals surface area contributed by atoms with Crippen LogP contribution in [0.4, 0.5) is 0 Å². The summed E-state index contributed by atoms with van der Waals surface area (Å²) in [4.78, 5) is 16.1. The lowest BCUT2D eigenvalue weighted by Crippen LogP contribution is -2.30. The van der Waals surface area contributed by atoms with Crippen molar-refractivity contribution in [3.8, 4) is 0 Å². The number of hydrogen-bond donors (Lipinski definition) is 1. The minimum absolute atomic E-state index is 0. The molecule has 0 aliphatic carbocycles.